The maximum Gasteiger partial charge on any atom is 3.00 e. The molecule has 0 heterocycles. The molecule has 1 aromatic carbocycles. The largest absolute Gasteiger partial charge is 3.00 e. The van der Waals surface area contributed by atoms with E-state index in [-0.39, 0.29) is 39.1 Å². The fourth-order valence-electron chi connectivity index (χ4n) is 1.21. The van der Waals surface area contributed by atoms with Crippen molar-refractivity contribution in [3.8, 4) is 0 Å². The van der Waals surface area contributed by atoms with Crippen molar-refractivity contribution in [3.05, 3.63) is 34.9 Å². The van der Waals surface area contributed by atoms with Gasteiger partial charge < -0.3 is 5.11 Å². The van der Waals surface area contributed by atoms with Gasteiger partial charge in [-0.3, -0.25) is 4.79 Å². The van der Waals surface area contributed by atoms with Gasteiger partial charge in [0.15, 0.2) is 0 Å². The van der Waals surface area contributed by atoms with Crippen LogP contribution in [0.15, 0.2) is 12.1 Å². The summed E-state index contributed by atoms with van der Waals surface area (Å²) >= 11 is 0. The Labute approximate surface area is 103 Å². The number of benzene rings is 1. The van der Waals surface area contributed by atoms with E-state index in [0.29, 0.717) is 0 Å². The average Bonchev–Trinajstić information content (AvgIpc) is 1.97. The van der Waals surface area contributed by atoms with E-state index in [1.807, 2.05) is 26.0 Å². The van der Waals surface area contributed by atoms with E-state index < -0.39 is 5.97 Å². The van der Waals surface area contributed by atoms with Crippen molar-refractivity contribution in [2.24, 2.45) is 0 Å². The van der Waals surface area contributed by atoms with Gasteiger partial charge in [-0.15, -0.1) is 5.56 Å². The van der Waals surface area contributed by atoms with Crippen LogP contribution >= 0.6 is 0 Å². The van der Waals surface area contributed by atoms with Crippen molar-refractivity contribution in [2.45, 2.75) is 20.3 Å². The molecular weight excluding hydrogens is 241 g/mol. The van der Waals surface area contributed by atoms with Crippen molar-refractivity contribution in [2.75, 3.05) is 0 Å². The van der Waals surface area contributed by atoms with Crippen molar-refractivity contribution in [1.82, 2.24) is 0 Å². The summed E-state index contributed by atoms with van der Waals surface area (Å²) < 4.78 is 0. The van der Waals surface area contributed by atoms with E-state index in [1.54, 1.807) is 0 Å². The Balaban J connectivity index is 0.00000144. The van der Waals surface area contributed by atoms with Gasteiger partial charge in [-0.05, 0) is 0 Å². The van der Waals surface area contributed by atoms with Gasteiger partial charge in [-0.2, -0.15) is 29.3 Å². The van der Waals surface area contributed by atoms with Crippen molar-refractivity contribution in [1.29, 1.82) is 0 Å². The van der Waals surface area contributed by atoms with Crippen LogP contribution in [0, 0.1) is 19.9 Å². The fraction of sp³-hybridized carbons (Fsp3) is 0.300. The molecule has 0 aliphatic carbocycles. The molecule has 1 aromatic rings. The minimum absolute atomic E-state index is 0. The summed E-state index contributed by atoms with van der Waals surface area (Å²) in [6.45, 7) is 3.81. The predicted octanol–water partition coefficient (Wildman–Crippen LogP) is 1.73. The van der Waals surface area contributed by atoms with E-state index in [0.717, 1.165) is 16.7 Å². The maximum atomic E-state index is 10.5. The molecule has 0 aromatic heterocycles. The Morgan fingerprint density at radius 2 is 1.85 bits per heavy atom. The van der Waals surface area contributed by atoms with Crippen LogP contribution in [0.4, 0.5) is 0 Å². The molecule has 2 nitrogen and oxygen atoms in total. The number of carbonyl (C=O) groups is 1. The monoisotopic (exact) mass is 252 g/mol. The molecular formula is C10H11O2Y+2. The first-order valence-corrected chi connectivity index (χ1v) is 3.79. The first-order valence-electron chi connectivity index (χ1n) is 3.79. The molecule has 0 amide bonds. The molecule has 64 valence electrons. The molecule has 3 heteroatoms. The molecule has 0 fully saturated rings. The number of hydrogen-bond acceptors (Lipinski definition) is 1. The summed E-state index contributed by atoms with van der Waals surface area (Å²) in [6.07, 6.45) is 0.104. The molecule has 13 heavy (non-hydrogen) atoms. The standard InChI is InChI=1S/C10H11O2.Y/c1-7-4-3-5-8(2)9(7)6-10(11)12;/h4-5H,6H2,1-2H3,(H,11,12);/q-1;+3. The summed E-state index contributed by atoms with van der Waals surface area (Å²) in [5.74, 6) is -0.785. The number of carboxylic acid groups (broad SMARTS) is 1. The SMILES string of the molecule is Cc1c[c-]cc(C)c1CC(=O)O.[Y+3]. The van der Waals surface area contributed by atoms with E-state index >= 15 is 0 Å². The topological polar surface area (TPSA) is 37.3 Å². The quantitative estimate of drug-likeness (QED) is 0.814. The van der Waals surface area contributed by atoms with Gasteiger partial charge in [0.25, 0.3) is 0 Å². The van der Waals surface area contributed by atoms with Crippen molar-refractivity contribution in [3.63, 3.8) is 0 Å². The Morgan fingerprint density at radius 3 is 2.23 bits per heavy atom. The second-order valence-electron chi connectivity index (χ2n) is 2.87. The zero-order valence-electron chi connectivity index (χ0n) is 7.79. The van der Waals surface area contributed by atoms with Crippen LogP contribution in [-0.2, 0) is 43.9 Å². The number of carboxylic acids is 1. The van der Waals surface area contributed by atoms with E-state index in [2.05, 4.69) is 6.07 Å². The smallest absolute Gasteiger partial charge is 0.481 e. The minimum Gasteiger partial charge on any atom is -0.481 e. The molecule has 0 atom stereocenters. The zero-order chi connectivity index (χ0) is 9.14. The van der Waals surface area contributed by atoms with E-state index in [4.69, 9.17) is 5.11 Å². The van der Waals surface area contributed by atoms with Crippen molar-refractivity contribution >= 4 is 5.97 Å². The second-order valence-corrected chi connectivity index (χ2v) is 2.87. The summed E-state index contributed by atoms with van der Waals surface area (Å²) in [6, 6.07) is 6.57. The van der Waals surface area contributed by atoms with Gasteiger partial charge in [0, 0.05) is 6.42 Å². The van der Waals surface area contributed by atoms with Crippen LogP contribution in [0.25, 0.3) is 0 Å². The third-order valence-corrected chi connectivity index (χ3v) is 1.88. The van der Waals surface area contributed by atoms with Crippen LogP contribution in [-0.4, -0.2) is 11.1 Å². The van der Waals surface area contributed by atoms with Gasteiger partial charge >= 0.3 is 38.7 Å². The normalized spacial score (nSPS) is 9.08. The van der Waals surface area contributed by atoms with Crippen LogP contribution in [0.2, 0.25) is 0 Å². The molecule has 0 aliphatic rings. The molecule has 1 N–H and O–H groups in total. The molecule has 0 bridgehead atoms. The molecule has 0 radical (unpaired) electrons. The molecule has 0 saturated carbocycles. The Morgan fingerprint density at radius 1 is 1.38 bits per heavy atom. The van der Waals surface area contributed by atoms with Crippen LogP contribution in [0.5, 0.6) is 0 Å². The van der Waals surface area contributed by atoms with Crippen LogP contribution in [0.1, 0.15) is 16.7 Å². The number of aliphatic carboxylic acids is 1. The Hall–Kier alpha value is -0.206. The third kappa shape index (κ3) is 3.57. The molecule has 0 unspecified atom stereocenters. The van der Waals surface area contributed by atoms with Gasteiger partial charge in [-0.1, -0.05) is 13.8 Å². The predicted molar refractivity (Wildman–Crippen MR) is 46.1 cm³/mol. The molecule has 0 saturated heterocycles. The fourth-order valence-corrected chi connectivity index (χ4v) is 1.21. The molecule has 1 rings (SSSR count). The summed E-state index contributed by atoms with van der Waals surface area (Å²) in [5, 5.41) is 8.61. The Kier molecular flexibility index (Phi) is 5.42. The van der Waals surface area contributed by atoms with Crippen LogP contribution in [0.3, 0.4) is 0 Å². The van der Waals surface area contributed by atoms with E-state index in [9.17, 15) is 4.79 Å². The maximum absolute atomic E-state index is 10.5. The minimum atomic E-state index is -0.785. The van der Waals surface area contributed by atoms with E-state index in [1.165, 1.54) is 0 Å². The number of hydrogen-bond donors (Lipinski definition) is 1. The summed E-state index contributed by atoms with van der Waals surface area (Å²) in [5.41, 5.74) is 2.90. The van der Waals surface area contributed by atoms with Gasteiger partial charge in [0.1, 0.15) is 0 Å². The second kappa shape index (κ2) is 5.51. The number of rotatable bonds is 2. The first kappa shape index (κ1) is 12.8. The van der Waals surface area contributed by atoms with Gasteiger partial charge in [0.05, 0.1) is 0 Å². The number of aryl methyl sites for hydroxylation is 2. The van der Waals surface area contributed by atoms with Gasteiger partial charge in [-0.25, -0.2) is 0 Å². The third-order valence-electron chi connectivity index (χ3n) is 1.88. The average molecular weight is 252 g/mol. The summed E-state index contributed by atoms with van der Waals surface area (Å²) in [4.78, 5) is 10.5. The van der Waals surface area contributed by atoms with Crippen molar-refractivity contribution < 1.29 is 42.6 Å². The summed E-state index contributed by atoms with van der Waals surface area (Å²) in [7, 11) is 0. The first-order chi connectivity index (χ1) is 5.61. The van der Waals surface area contributed by atoms with Gasteiger partial charge in [0.2, 0.25) is 0 Å². The Bertz CT molecular complexity index is 288. The molecule has 0 spiro atoms. The van der Waals surface area contributed by atoms with Crippen LogP contribution < -0.4 is 0 Å². The zero-order valence-corrected chi connectivity index (χ0v) is 10.6. The molecule has 0 aliphatic heterocycles.